The predicted molar refractivity (Wildman–Crippen MR) is 105 cm³/mol. The summed E-state index contributed by atoms with van der Waals surface area (Å²) < 4.78 is 10.9. The van der Waals surface area contributed by atoms with E-state index in [4.69, 9.17) is 9.47 Å². The molecule has 0 aliphatic heterocycles. The molecule has 0 aliphatic rings. The lowest BCUT2D eigenvalue weighted by Gasteiger charge is -2.20. The van der Waals surface area contributed by atoms with Crippen molar-refractivity contribution in [2.45, 2.75) is 39.3 Å². The van der Waals surface area contributed by atoms with Gasteiger partial charge in [-0.15, -0.1) is 0 Å². The molecule has 0 unspecified atom stereocenters. The second kappa shape index (κ2) is 8.58. The van der Waals surface area contributed by atoms with Gasteiger partial charge in [0.05, 0.1) is 7.11 Å². The van der Waals surface area contributed by atoms with Crippen molar-refractivity contribution in [3.63, 3.8) is 0 Å². The van der Waals surface area contributed by atoms with E-state index >= 15 is 0 Å². The van der Waals surface area contributed by atoms with Gasteiger partial charge in [-0.25, -0.2) is 0 Å². The van der Waals surface area contributed by atoms with Gasteiger partial charge >= 0.3 is 0 Å². The van der Waals surface area contributed by atoms with Crippen molar-refractivity contribution in [1.29, 1.82) is 0 Å². The van der Waals surface area contributed by atoms with Crippen LogP contribution in [0, 0.1) is 0 Å². The number of carbonyl (C=O) groups is 2. The van der Waals surface area contributed by atoms with E-state index in [2.05, 4.69) is 10.6 Å². The smallest absolute Gasteiger partial charge is 0.265 e. The zero-order valence-corrected chi connectivity index (χ0v) is 16.3. The minimum atomic E-state index is -0.717. The van der Waals surface area contributed by atoms with Crippen molar-refractivity contribution in [2.24, 2.45) is 0 Å². The number of benzene rings is 2. The van der Waals surface area contributed by atoms with Crippen molar-refractivity contribution < 1.29 is 19.1 Å². The van der Waals surface area contributed by atoms with Crippen LogP contribution in [0.25, 0.3) is 0 Å². The second-order valence-electron chi connectivity index (χ2n) is 7.18. The number of methoxy groups -OCH3 is 1. The average Bonchev–Trinajstić information content (AvgIpc) is 2.61. The zero-order valence-electron chi connectivity index (χ0n) is 16.3. The summed E-state index contributed by atoms with van der Waals surface area (Å²) in [5.74, 6) is 0.601. The molecule has 0 spiro atoms. The summed E-state index contributed by atoms with van der Waals surface area (Å²) in [6, 6.07) is 13.9. The molecule has 0 heterocycles. The molecular formula is C21H26N2O4. The van der Waals surface area contributed by atoms with Crippen LogP contribution in [0.15, 0.2) is 48.5 Å². The summed E-state index contributed by atoms with van der Waals surface area (Å²) in [4.78, 5) is 24.5. The first-order chi connectivity index (χ1) is 12.7. The molecule has 27 heavy (non-hydrogen) atoms. The second-order valence-corrected chi connectivity index (χ2v) is 7.18. The third-order valence-electron chi connectivity index (χ3n) is 3.65. The van der Waals surface area contributed by atoms with Crippen LogP contribution in [0.5, 0.6) is 11.5 Å². The first-order valence-electron chi connectivity index (χ1n) is 8.73. The van der Waals surface area contributed by atoms with Crippen molar-refractivity contribution in [3.05, 3.63) is 54.1 Å². The summed E-state index contributed by atoms with van der Waals surface area (Å²) in [6.45, 7) is 7.42. The lowest BCUT2D eigenvalue weighted by atomic mass is 10.1. The largest absolute Gasteiger partial charge is 0.493 e. The van der Waals surface area contributed by atoms with E-state index in [9.17, 15) is 9.59 Å². The molecule has 2 aromatic rings. The van der Waals surface area contributed by atoms with E-state index in [-0.39, 0.29) is 17.4 Å². The first kappa shape index (κ1) is 20.3. The van der Waals surface area contributed by atoms with Crippen molar-refractivity contribution in [2.75, 3.05) is 12.4 Å². The Balaban J connectivity index is 1.98. The van der Waals surface area contributed by atoms with Crippen LogP contribution >= 0.6 is 0 Å². The van der Waals surface area contributed by atoms with E-state index in [1.807, 2.05) is 32.9 Å². The number of carbonyl (C=O) groups excluding carboxylic acids is 2. The number of amides is 2. The number of anilines is 1. The van der Waals surface area contributed by atoms with E-state index in [1.165, 1.54) is 0 Å². The van der Waals surface area contributed by atoms with E-state index in [0.29, 0.717) is 22.7 Å². The summed E-state index contributed by atoms with van der Waals surface area (Å²) in [5, 5.41) is 5.67. The van der Waals surface area contributed by atoms with Gasteiger partial charge in [-0.2, -0.15) is 0 Å². The molecule has 144 valence electrons. The SMILES string of the molecule is COc1ccccc1O[C@H](C)C(=O)Nc1ccc(C(=O)NC(C)(C)C)cc1. The summed E-state index contributed by atoms with van der Waals surface area (Å²) >= 11 is 0. The predicted octanol–water partition coefficient (Wildman–Crippen LogP) is 3.63. The number of ether oxygens (including phenoxy) is 2. The molecule has 0 fully saturated rings. The molecule has 0 aromatic heterocycles. The minimum absolute atomic E-state index is 0.159. The first-order valence-corrected chi connectivity index (χ1v) is 8.73. The number of rotatable bonds is 6. The van der Waals surface area contributed by atoms with Crippen molar-refractivity contribution >= 4 is 17.5 Å². The molecule has 6 heteroatoms. The van der Waals surface area contributed by atoms with Gasteiger partial charge in [-0.05, 0) is 64.1 Å². The van der Waals surface area contributed by atoms with Crippen LogP contribution in [0.3, 0.4) is 0 Å². The Labute approximate surface area is 159 Å². The van der Waals surface area contributed by atoms with Crippen LogP contribution in [0.4, 0.5) is 5.69 Å². The molecule has 6 nitrogen and oxygen atoms in total. The minimum Gasteiger partial charge on any atom is -0.493 e. The normalized spacial score (nSPS) is 12.0. The average molecular weight is 370 g/mol. The van der Waals surface area contributed by atoms with Gasteiger partial charge < -0.3 is 20.1 Å². The maximum absolute atomic E-state index is 12.4. The summed E-state index contributed by atoms with van der Waals surface area (Å²) in [6.07, 6.45) is -0.717. The number of hydrogen-bond acceptors (Lipinski definition) is 4. The Morgan fingerprint density at radius 1 is 0.963 bits per heavy atom. The van der Waals surface area contributed by atoms with Crippen molar-refractivity contribution in [1.82, 2.24) is 5.32 Å². The molecule has 2 aromatic carbocycles. The standard InChI is InChI=1S/C21H26N2O4/c1-14(27-18-9-7-6-8-17(18)26-5)19(24)22-16-12-10-15(11-13-16)20(25)23-21(2,3)4/h6-14H,1-5H3,(H,22,24)(H,23,25)/t14-/m1/s1. The molecule has 2 N–H and O–H groups in total. The zero-order chi connectivity index (χ0) is 20.0. The fraction of sp³-hybridized carbons (Fsp3) is 0.333. The van der Waals surface area contributed by atoms with Gasteiger partial charge in [0, 0.05) is 16.8 Å². The summed E-state index contributed by atoms with van der Waals surface area (Å²) in [5.41, 5.74) is 0.805. The Morgan fingerprint density at radius 3 is 2.11 bits per heavy atom. The van der Waals surface area contributed by atoms with Crippen LogP contribution in [0.1, 0.15) is 38.1 Å². The molecular weight excluding hydrogens is 344 g/mol. The lowest BCUT2D eigenvalue weighted by molar-refractivity contribution is -0.122. The quantitative estimate of drug-likeness (QED) is 0.814. The highest BCUT2D eigenvalue weighted by atomic mass is 16.5. The molecule has 0 saturated heterocycles. The monoisotopic (exact) mass is 370 g/mol. The van der Waals surface area contributed by atoms with Gasteiger partial charge in [0.2, 0.25) is 0 Å². The molecule has 0 aliphatic carbocycles. The third kappa shape index (κ3) is 6.02. The maximum Gasteiger partial charge on any atom is 0.265 e. The van der Waals surface area contributed by atoms with Gasteiger partial charge in [-0.1, -0.05) is 12.1 Å². The number of nitrogens with one attached hydrogen (secondary N) is 2. The maximum atomic E-state index is 12.4. The van der Waals surface area contributed by atoms with E-state index in [1.54, 1.807) is 50.4 Å². The molecule has 0 saturated carbocycles. The van der Waals surface area contributed by atoms with Crippen LogP contribution in [-0.4, -0.2) is 30.6 Å². The molecule has 2 rings (SSSR count). The Morgan fingerprint density at radius 2 is 1.56 bits per heavy atom. The van der Waals surface area contributed by atoms with Gasteiger partial charge in [-0.3, -0.25) is 9.59 Å². The highest BCUT2D eigenvalue weighted by Gasteiger charge is 2.18. The highest BCUT2D eigenvalue weighted by molar-refractivity contribution is 5.97. The van der Waals surface area contributed by atoms with E-state index < -0.39 is 6.10 Å². The van der Waals surface area contributed by atoms with Gasteiger partial charge in [0.25, 0.3) is 11.8 Å². The van der Waals surface area contributed by atoms with Gasteiger partial charge in [0.1, 0.15) is 0 Å². The molecule has 1 atom stereocenters. The fourth-order valence-electron chi connectivity index (χ4n) is 2.32. The van der Waals surface area contributed by atoms with E-state index in [0.717, 1.165) is 0 Å². The van der Waals surface area contributed by atoms with Crippen LogP contribution in [0.2, 0.25) is 0 Å². The topological polar surface area (TPSA) is 76.7 Å². The van der Waals surface area contributed by atoms with Crippen molar-refractivity contribution in [3.8, 4) is 11.5 Å². The molecule has 0 radical (unpaired) electrons. The Bertz CT molecular complexity index is 795. The Hall–Kier alpha value is -3.02. The van der Waals surface area contributed by atoms with Crippen LogP contribution in [-0.2, 0) is 4.79 Å². The third-order valence-corrected chi connectivity index (χ3v) is 3.65. The van der Waals surface area contributed by atoms with Gasteiger partial charge in [0.15, 0.2) is 17.6 Å². The lowest BCUT2D eigenvalue weighted by Crippen LogP contribution is -2.40. The highest BCUT2D eigenvalue weighted by Crippen LogP contribution is 2.27. The molecule has 2 amide bonds. The van der Waals surface area contributed by atoms with Crippen LogP contribution < -0.4 is 20.1 Å². The number of hydrogen-bond donors (Lipinski definition) is 2. The fourth-order valence-corrected chi connectivity index (χ4v) is 2.32. The molecule has 0 bridgehead atoms. The summed E-state index contributed by atoms with van der Waals surface area (Å²) in [7, 11) is 1.55. The number of para-hydroxylation sites is 2. The Kier molecular flexibility index (Phi) is 6.45.